The molecule has 0 unspecified atom stereocenters. The van der Waals surface area contributed by atoms with Crippen LogP contribution in [0.4, 0.5) is 4.79 Å². The minimum absolute atomic E-state index is 0.0791. The molecule has 2 aromatic heterocycles. The summed E-state index contributed by atoms with van der Waals surface area (Å²) < 4.78 is 1.78. The second-order valence-corrected chi connectivity index (χ2v) is 7.33. The van der Waals surface area contributed by atoms with Gasteiger partial charge in [0.25, 0.3) is 0 Å². The van der Waals surface area contributed by atoms with Crippen LogP contribution in [0.25, 0.3) is 0 Å². The molecule has 0 fully saturated rings. The van der Waals surface area contributed by atoms with Crippen LogP contribution in [0.1, 0.15) is 28.6 Å². The summed E-state index contributed by atoms with van der Waals surface area (Å²) in [6, 6.07) is 9.85. The average molecular weight is 385 g/mol. The molecule has 2 heterocycles. The number of aryl methyl sites for hydroxylation is 2. The molecule has 1 atom stereocenters. The third-order valence-corrected chi connectivity index (χ3v) is 5.47. The molecule has 142 valence electrons. The quantitative estimate of drug-likeness (QED) is 0.648. The van der Waals surface area contributed by atoms with Gasteiger partial charge in [0.15, 0.2) is 0 Å². The third kappa shape index (κ3) is 5.37. The zero-order valence-electron chi connectivity index (χ0n) is 15.6. The molecule has 0 spiro atoms. The number of carbonyl (C=O) groups excluding carboxylic acids is 1. The second kappa shape index (κ2) is 9.27. The van der Waals surface area contributed by atoms with Gasteiger partial charge in [-0.1, -0.05) is 30.3 Å². The molecule has 0 aliphatic heterocycles. The summed E-state index contributed by atoms with van der Waals surface area (Å²) in [5, 5.41) is 7.29. The first-order valence-corrected chi connectivity index (χ1v) is 9.79. The molecule has 0 bridgehead atoms. The number of aromatic nitrogens is 4. The maximum Gasteiger partial charge on any atom is 0.317 e. The van der Waals surface area contributed by atoms with Crippen LogP contribution in [0.2, 0.25) is 0 Å². The largest absolute Gasteiger partial charge is 0.331 e. The molecule has 3 aromatic rings. The minimum Gasteiger partial charge on any atom is -0.331 e. The van der Waals surface area contributed by atoms with Gasteiger partial charge in [0, 0.05) is 31.4 Å². The Kier molecular flexibility index (Phi) is 6.54. The number of nitrogens with one attached hydrogen (secondary N) is 1. The molecule has 0 saturated carbocycles. The molecular formula is C19H24N6OS. The number of thiazole rings is 1. The van der Waals surface area contributed by atoms with E-state index >= 15 is 0 Å². The van der Waals surface area contributed by atoms with Gasteiger partial charge < -0.3 is 10.2 Å². The van der Waals surface area contributed by atoms with E-state index < -0.39 is 0 Å². The van der Waals surface area contributed by atoms with Crippen LogP contribution in [0.3, 0.4) is 0 Å². The lowest BCUT2D eigenvalue weighted by atomic mass is 10.0. The first kappa shape index (κ1) is 19.0. The van der Waals surface area contributed by atoms with Crippen molar-refractivity contribution in [2.45, 2.75) is 32.4 Å². The molecule has 0 aliphatic rings. The van der Waals surface area contributed by atoms with Crippen LogP contribution in [0, 0.1) is 6.92 Å². The Morgan fingerprint density at radius 1 is 1.33 bits per heavy atom. The van der Waals surface area contributed by atoms with Crippen molar-refractivity contribution in [1.82, 2.24) is 30.0 Å². The highest BCUT2D eigenvalue weighted by Gasteiger charge is 2.17. The molecule has 8 heteroatoms. The van der Waals surface area contributed by atoms with Crippen LogP contribution in [0.5, 0.6) is 0 Å². The van der Waals surface area contributed by atoms with E-state index in [1.165, 1.54) is 11.2 Å². The maximum atomic E-state index is 12.7. The molecule has 0 radical (unpaired) electrons. The van der Waals surface area contributed by atoms with Crippen molar-refractivity contribution >= 4 is 17.4 Å². The number of amides is 2. The number of urea groups is 1. The lowest BCUT2D eigenvalue weighted by Crippen LogP contribution is -2.40. The fourth-order valence-electron chi connectivity index (χ4n) is 2.81. The molecule has 3 rings (SSSR count). The lowest BCUT2D eigenvalue weighted by Gasteiger charge is -2.24. The lowest BCUT2D eigenvalue weighted by molar-refractivity contribution is 0.204. The van der Waals surface area contributed by atoms with E-state index in [9.17, 15) is 4.79 Å². The van der Waals surface area contributed by atoms with Gasteiger partial charge in [0.1, 0.15) is 12.7 Å². The van der Waals surface area contributed by atoms with Gasteiger partial charge in [-0.2, -0.15) is 5.10 Å². The highest BCUT2D eigenvalue weighted by molar-refractivity contribution is 7.09. The van der Waals surface area contributed by atoms with Crippen molar-refractivity contribution in [3.63, 3.8) is 0 Å². The summed E-state index contributed by atoms with van der Waals surface area (Å²) in [5.41, 5.74) is 3.97. The van der Waals surface area contributed by atoms with E-state index in [-0.39, 0.29) is 12.1 Å². The number of likely N-dealkylation sites (N-methyl/N-ethyl adjacent to an activating group) is 1. The van der Waals surface area contributed by atoms with E-state index in [1.54, 1.807) is 27.2 Å². The zero-order chi connectivity index (χ0) is 19.1. The molecule has 1 aromatic carbocycles. The summed E-state index contributed by atoms with van der Waals surface area (Å²) in [7, 11) is 1.82. The number of carbonyl (C=O) groups is 1. The van der Waals surface area contributed by atoms with Gasteiger partial charge in [-0.05, 0) is 18.9 Å². The molecular weight excluding hydrogens is 360 g/mol. The first-order chi connectivity index (χ1) is 13.1. The van der Waals surface area contributed by atoms with E-state index in [2.05, 4.69) is 20.4 Å². The molecule has 0 aliphatic carbocycles. The van der Waals surface area contributed by atoms with Crippen molar-refractivity contribution in [3.05, 3.63) is 64.6 Å². The summed E-state index contributed by atoms with van der Waals surface area (Å²) in [4.78, 5) is 23.9. The highest BCUT2D eigenvalue weighted by atomic mass is 32.1. The smallest absolute Gasteiger partial charge is 0.317 e. The fraction of sp³-hybridized carbons (Fsp3) is 0.368. The SMILES string of the molecule is Cc1ncsc1CCN(C)C(=O)N[C@@H](CCn1cncn1)c1ccccc1. The van der Waals surface area contributed by atoms with Gasteiger partial charge in [-0.25, -0.2) is 14.8 Å². The zero-order valence-corrected chi connectivity index (χ0v) is 16.4. The van der Waals surface area contributed by atoms with Gasteiger partial charge in [0.05, 0.1) is 17.2 Å². The van der Waals surface area contributed by atoms with Gasteiger partial charge >= 0.3 is 6.03 Å². The number of nitrogens with zero attached hydrogens (tertiary/aromatic N) is 5. The predicted molar refractivity (Wildman–Crippen MR) is 106 cm³/mol. The maximum absolute atomic E-state index is 12.7. The number of hydrogen-bond donors (Lipinski definition) is 1. The van der Waals surface area contributed by atoms with Crippen LogP contribution >= 0.6 is 11.3 Å². The van der Waals surface area contributed by atoms with Gasteiger partial charge in [-0.15, -0.1) is 11.3 Å². The van der Waals surface area contributed by atoms with Crippen LogP contribution in [-0.4, -0.2) is 44.3 Å². The fourth-order valence-corrected chi connectivity index (χ4v) is 3.58. The Hall–Kier alpha value is -2.74. The van der Waals surface area contributed by atoms with Crippen molar-refractivity contribution in [2.75, 3.05) is 13.6 Å². The number of rotatable bonds is 8. The van der Waals surface area contributed by atoms with Gasteiger partial charge in [0.2, 0.25) is 0 Å². The Morgan fingerprint density at radius 3 is 2.81 bits per heavy atom. The summed E-state index contributed by atoms with van der Waals surface area (Å²) in [6.45, 7) is 3.34. The first-order valence-electron chi connectivity index (χ1n) is 8.91. The Bertz CT molecular complexity index is 833. The molecule has 27 heavy (non-hydrogen) atoms. The van der Waals surface area contributed by atoms with Crippen LogP contribution in [-0.2, 0) is 13.0 Å². The van der Waals surface area contributed by atoms with E-state index in [0.29, 0.717) is 13.1 Å². The molecule has 0 saturated heterocycles. The van der Waals surface area contributed by atoms with Crippen molar-refractivity contribution in [1.29, 1.82) is 0 Å². The molecule has 2 amide bonds. The van der Waals surface area contributed by atoms with Crippen molar-refractivity contribution in [3.8, 4) is 0 Å². The van der Waals surface area contributed by atoms with E-state index in [4.69, 9.17) is 0 Å². The van der Waals surface area contributed by atoms with E-state index in [1.807, 2.05) is 49.8 Å². The summed E-state index contributed by atoms with van der Waals surface area (Å²) in [5.74, 6) is 0. The Labute approximate surface area is 163 Å². The summed E-state index contributed by atoms with van der Waals surface area (Å²) in [6.07, 6.45) is 4.76. The number of benzene rings is 1. The van der Waals surface area contributed by atoms with Crippen molar-refractivity contribution < 1.29 is 4.79 Å². The number of hydrogen-bond acceptors (Lipinski definition) is 5. The normalized spacial score (nSPS) is 11.9. The molecule has 1 N–H and O–H groups in total. The average Bonchev–Trinajstić information content (AvgIpc) is 3.35. The van der Waals surface area contributed by atoms with E-state index in [0.717, 1.165) is 24.1 Å². The minimum atomic E-state index is -0.0875. The molecule has 7 nitrogen and oxygen atoms in total. The standard InChI is InChI=1S/C19H24N6OS/c1-15-18(27-14-21-15)9-10-24(2)19(26)23-17(16-6-4-3-5-7-16)8-11-25-13-20-12-22-25/h3-7,12-14,17H,8-11H2,1-2H3,(H,23,26)/t17-/m0/s1. The Balaban J connectivity index is 1.59. The Morgan fingerprint density at radius 2 is 2.15 bits per heavy atom. The van der Waals surface area contributed by atoms with Crippen LogP contribution in [0.15, 0.2) is 48.5 Å². The highest BCUT2D eigenvalue weighted by Crippen LogP contribution is 2.18. The summed E-state index contributed by atoms with van der Waals surface area (Å²) >= 11 is 1.64. The predicted octanol–water partition coefficient (Wildman–Crippen LogP) is 3.06. The second-order valence-electron chi connectivity index (χ2n) is 6.39. The van der Waals surface area contributed by atoms with Crippen molar-refractivity contribution in [2.24, 2.45) is 0 Å². The third-order valence-electron chi connectivity index (χ3n) is 4.48. The van der Waals surface area contributed by atoms with Gasteiger partial charge in [-0.3, -0.25) is 4.68 Å². The van der Waals surface area contributed by atoms with Crippen LogP contribution < -0.4 is 5.32 Å². The monoisotopic (exact) mass is 384 g/mol. The topological polar surface area (TPSA) is 75.9 Å².